The van der Waals surface area contributed by atoms with E-state index in [-0.39, 0.29) is 6.61 Å². The third-order valence-corrected chi connectivity index (χ3v) is 1.51. The summed E-state index contributed by atoms with van der Waals surface area (Å²) in [6.45, 7) is 5.91. The summed E-state index contributed by atoms with van der Waals surface area (Å²) in [5.74, 6) is 0.479. The zero-order valence-electron chi connectivity index (χ0n) is 6.64. The Bertz CT molecular complexity index is 106. The van der Waals surface area contributed by atoms with Crippen LogP contribution in [-0.4, -0.2) is 11.7 Å². The Balaban J connectivity index is 3.60. The molecule has 0 bridgehead atoms. The number of aliphatic hydroxyl groups is 1. The standard InChI is InChI=1S/C9H16O/c1-3-5-9(6-4-2)7-8-10/h5,9-10H,1,4,6-8H2,2H3. The fourth-order valence-electron chi connectivity index (χ4n) is 1.01. The van der Waals surface area contributed by atoms with Crippen LogP contribution in [0.5, 0.6) is 0 Å². The maximum atomic E-state index is 8.62. The van der Waals surface area contributed by atoms with Crippen molar-refractivity contribution < 1.29 is 5.11 Å². The molecule has 1 nitrogen and oxygen atoms in total. The number of hydrogen-bond acceptors (Lipinski definition) is 1. The molecule has 1 heteroatoms. The number of allylic oxidation sites excluding steroid dienone is 1. The van der Waals surface area contributed by atoms with E-state index >= 15 is 0 Å². The van der Waals surface area contributed by atoms with E-state index in [0.717, 1.165) is 19.3 Å². The van der Waals surface area contributed by atoms with Gasteiger partial charge < -0.3 is 5.11 Å². The van der Waals surface area contributed by atoms with Crippen molar-refractivity contribution >= 4 is 0 Å². The molecule has 58 valence electrons. The van der Waals surface area contributed by atoms with Crippen molar-refractivity contribution in [2.45, 2.75) is 26.2 Å². The van der Waals surface area contributed by atoms with Crippen LogP contribution < -0.4 is 0 Å². The summed E-state index contributed by atoms with van der Waals surface area (Å²) in [7, 11) is 0. The minimum atomic E-state index is 0.267. The summed E-state index contributed by atoms with van der Waals surface area (Å²) in [5.41, 5.74) is 2.75. The normalized spacial score (nSPS) is 12.2. The second-order valence-electron chi connectivity index (χ2n) is 2.43. The van der Waals surface area contributed by atoms with Crippen LogP contribution in [0.1, 0.15) is 26.2 Å². The van der Waals surface area contributed by atoms with Crippen LogP contribution in [0.15, 0.2) is 18.4 Å². The van der Waals surface area contributed by atoms with Gasteiger partial charge in [-0.15, -0.1) is 5.73 Å². The minimum absolute atomic E-state index is 0.267. The molecule has 0 saturated carbocycles. The molecule has 1 N–H and O–H groups in total. The molecule has 0 aromatic heterocycles. The second-order valence-corrected chi connectivity index (χ2v) is 2.43. The van der Waals surface area contributed by atoms with Crippen molar-refractivity contribution in [1.29, 1.82) is 0 Å². The van der Waals surface area contributed by atoms with Gasteiger partial charge in [-0.05, 0) is 24.8 Å². The molecule has 0 heterocycles. The molecule has 0 aliphatic carbocycles. The van der Waals surface area contributed by atoms with Crippen molar-refractivity contribution in [3.05, 3.63) is 18.4 Å². The molecule has 0 rings (SSSR count). The smallest absolute Gasteiger partial charge is 0.0436 e. The summed E-state index contributed by atoms with van der Waals surface area (Å²) in [5, 5.41) is 8.62. The van der Waals surface area contributed by atoms with Gasteiger partial charge in [0.15, 0.2) is 0 Å². The summed E-state index contributed by atoms with van der Waals surface area (Å²) in [6.07, 6.45) is 5.07. The van der Waals surface area contributed by atoms with E-state index < -0.39 is 0 Å². The quantitative estimate of drug-likeness (QED) is 0.580. The van der Waals surface area contributed by atoms with Gasteiger partial charge in [-0.1, -0.05) is 19.9 Å². The van der Waals surface area contributed by atoms with Crippen LogP contribution >= 0.6 is 0 Å². The van der Waals surface area contributed by atoms with Gasteiger partial charge >= 0.3 is 0 Å². The highest BCUT2D eigenvalue weighted by atomic mass is 16.3. The molecule has 0 fully saturated rings. The van der Waals surface area contributed by atoms with Gasteiger partial charge in [0.2, 0.25) is 0 Å². The summed E-state index contributed by atoms with van der Waals surface area (Å²) < 4.78 is 0. The van der Waals surface area contributed by atoms with Crippen LogP contribution in [0.4, 0.5) is 0 Å². The fourth-order valence-corrected chi connectivity index (χ4v) is 1.01. The molecule has 0 radical (unpaired) electrons. The molecule has 0 aliphatic heterocycles. The molecular formula is C9H16O. The summed E-state index contributed by atoms with van der Waals surface area (Å²) in [6, 6.07) is 0. The third-order valence-electron chi connectivity index (χ3n) is 1.51. The van der Waals surface area contributed by atoms with E-state index in [2.05, 4.69) is 19.2 Å². The molecular weight excluding hydrogens is 124 g/mol. The van der Waals surface area contributed by atoms with Crippen LogP contribution in [0.2, 0.25) is 0 Å². The van der Waals surface area contributed by atoms with E-state index in [1.54, 1.807) is 0 Å². The average molecular weight is 140 g/mol. The first-order valence-corrected chi connectivity index (χ1v) is 3.82. The third kappa shape index (κ3) is 4.37. The second kappa shape index (κ2) is 6.60. The summed E-state index contributed by atoms with van der Waals surface area (Å²) >= 11 is 0. The number of hydrogen-bond donors (Lipinski definition) is 1. The van der Waals surface area contributed by atoms with Gasteiger partial charge in [0.05, 0.1) is 0 Å². The number of aliphatic hydroxyl groups excluding tert-OH is 1. The molecule has 1 unspecified atom stereocenters. The Morgan fingerprint density at radius 1 is 1.60 bits per heavy atom. The molecule has 0 spiro atoms. The van der Waals surface area contributed by atoms with Gasteiger partial charge in [-0.2, -0.15) is 0 Å². The largest absolute Gasteiger partial charge is 0.396 e. The monoisotopic (exact) mass is 140 g/mol. The van der Waals surface area contributed by atoms with Gasteiger partial charge in [0.25, 0.3) is 0 Å². The highest BCUT2D eigenvalue weighted by Gasteiger charge is 2.00. The fraction of sp³-hybridized carbons (Fsp3) is 0.667. The predicted octanol–water partition coefficient (Wildman–Crippen LogP) is 2.13. The average Bonchev–Trinajstić information content (AvgIpc) is 1.90. The summed E-state index contributed by atoms with van der Waals surface area (Å²) in [4.78, 5) is 0. The maximum absolute atomic E-state index is 8.62. The zero-order chi connectivity index (χ0) is 7.82. The van der Waals surface area contributed by atoms with Crippen molar-refractivity contribution in [1.82, 2.24) is 0 Å². The Kier molecular flexibility index (Phi) is 6.25. The molecule has 10 heavy (non-hydrogen) atoms. The number of rotatable bonds is 5. The van der Waals surface area contributed by atoms with Gasteiger partial charge in [0.1, 0.15) is 0 Å². The molecule has 0 aromatic carbocycles. The Hall–Kier alpha value is -0.520. The van der Waals surface area contributed by atoms with E-state index in [1.807, 2.05) is 6.08 Å². The van der Waals surface area contributed by atoms with Crippen LogP contribution in [0.25, 0.3) is 0 Å². The first-order chi connectivity index (χ1) is 4.85. The lowest BCUT2D eigenvalue weighted by molar-refractivity contribution is 0.266. The van der Waals surface area contributed by atoms with E-state index in [0.29, 0.717) is 5.92 Å². The molecule has 0 saturated heterocycles. The predicted molar refractivity (Wildman–Crippen MR) is 43.8 cm³/mol. The highest BCUT2D eigenvalue weighted by Crippen LogP contribution is 2.10. The lowest BCUT2D eigenvalue weighted by Gasteiger charge is -2.06. The van der Waals surface area contributed by atoms with Crippen LogP contribution in [-0.2, 0) is 0 Å². The van der Waals surface area contributed by atoms with Crippen molar-refractivity contribution in [3.8, 4) is 0 Å². The highest BCUT2D eigenvalue weighted by molar-refractivity contribution is 4.83. The molecule has 0 aliphatic rings. The van der Waals surface area contributed by atoms with E-state index in [9.17, 15) is 0 Å². The Morgan fingerprint density at radius 2 is 2.30 bits per heavy atom. The minimum Gasteiger partial charge on any atom is -0.396 e. The van der Waals surface area contributed by atoms with Gasteiger partial charge in [-0.3, -0.25) is 0 Å². The lowest BCUT2D eigenvalue weighted by Crippen LogP contribution is -1.98. The molecule has 0 aromatic rings. The SMILES string of the molecule is C=C=CC(CCC)CCO. The van der Waals surface area contributed by atoms with Gasteiger partial charge in [0, 0.05) is 6.61 Å². The zero-order valence-corrected chi connectivity index (χ0v) is 6.64. The van der Waals surface area contributed by atoms with E-state index in [1.165, 1.54) is 0 Å². The van der Waals surface area contributed by atoms with Crippen molar-refractivity contribution in [2.75, 3.05) is 6.61 Å². The van der Waals surface area contributed by atoms with Gasteiger partial charge in [-0.25, -0.2) is 0 Å². The maximum Gasteiger partial charge on any atom is 0.0436 e. The van der Waals surface area contributed by atoms with Crippen molar-refractivity contribution in [2.24, 2.45) is 5.92 Å². The molecule has 1 atom stereocenters. The van der Waals surface area contributed by atoms with Crippen molar-refractivity contribution in [3.63, 3.8) is 0 Å². The Labute approximate surface area is 63.1 Å². The first kappa shape index (κ1) is 9.48. The Morgan fingerprint density at radius 3 is 2.70 bits per heavy atom. The first-order valence-electron chi connectivity index (χ1n) is 3.82. The van der Waals surface area contributed by atoms with Crippen LogP contribution in [0.3, 0.4) is 0 Å². The molecule has 0 amide bonds. The lowest BCUT2D eigenvalue weighted by atomic mass is 10.0. The van der Waals surface area contributed by atoms with Crippen LogP contribution in [0, 0.1) is 5.92 Å². The van der Waals surface area contributed by atoms with E-state index in [4.69, 9.17) is 5.11 Å². The topological polar surface area (TPSA) is 20.2 Å².